The van der Waals surface area contributed by atoms with E-state index in [0.29, 0.717) is 31.3 Å². The first kappa shape index (κ1) is 16.5. The number of amides is 1. The summed E-state index contributed by atoms with van der Waals surface area (Å²) in [6, 6.07) is 7.47. The number of fused-ring (bicyclic) bond motifs is 1. The molecule has 1 N–H and O–H groups in total. The maximum atomic E-state index is 13.0. The minimum atomic E-state index is -0.886. The van der Waals surface area contributed by atoms with Crippen LogP contribution in [0.4, 0.5) is 4.79 Å². The fraction of sp³-hybridized carbons (Fsp3) is 0.500. The molecule has 2 aromatic rings. The van der Waals surface area contributed by atoms with Gasteiger partial charge in [-0.3, -0.25) is 9.36 Å². The number of carbonyl (C=O) groups is 1. The first-order chi connectivity index (χ1) is 11.6. The third-order valence-corrected chi connectivity index (χ3v) is 4.73. The Morgan fingerprint density at radius 2 is 2.00 bits per heavy atom. The number of nitrogens with zero attached hydrogens (tertiary/aromatic N) is 3. The highest BCUT2D eigenvalue weighted by Crippen LogP contribution is 2.24. The van der Waals surface area contributed by atoms with Crippen LogP contribution in [0.25, 0.3) is 10.9 Å². The summed E-state index contributed by atoms with van der Waals surface area (Å²) in [6.45, 7) is 3.05. The molecule has 0 bridgehead atoms. The summed E-state index contributed by atoms with van der Waals surface area (Å²) < 4.78 is 1.83. The lowest BCUT2D eigenvalue weighted by atomic mass is 10.0. The highest BCUT2D eigenvalue weighted by molar-refractivity contribution is 5.77. The molecule has 0 aliphatic carbocycles. The van der Waals surface area contributed by atoms with Crippen LogP contribution in [0.3, 0.4) is 0 Å². The van der Waals surface area contributed by atoms with Gasteiger partial charge in [-0.15, -0.1) is 0 Å². The monoisotopic (exact) mass is 329 g/mol. The van der Waals surface area contributed by atoms with Crippen molar-refractivity contribution >= 4 is 17.0 Å². The molecular formula is C18H23N3O3. The normalized spacial score (nSPS) is 15.8. The van der Waals surface area contributed by atoms with Crippen molar-refractivity contribution < 1.29 is 9.90 Å². The predicted octanol–water partition coefficient (Wildman–Crippen LogP) is 3.05. The van der Waals surface area contributed by atoms with E-state index in [1.54, 1.807) is 0 Å². The second-order valence-electron chi connectivity index (χ2n) is 6.32. The number of rotatable bonds is 4. The zero-order valence-electron chi connectivity index (χ0n) is 13.9. The Kier molecular flexibility index (Phi) is 4.83. The molecule has 3 rings (SSSR count). The van der Waals surface area contributed by atoms with Gasteiger partial charge in [0, 0.05) is 25.6 Å². The molecule has 6 heteroatoms. The highest BCUT2D eigenvalue weighted by atomic mass is 16.4. The van der Waals surface area contributed by atoms with Crippen molar-refractivity contribution in [2.24, 2.45) is 0 Å². The Morgan fingerprint density at radius 3 is 2.67 bits per heavy atom. The van der Waals surface area contributed by atoms with E-state index in [0.717, 1.165) is 30.6 Å². The topological polar surface area (TPSA) is 75.4 Å². The molecule has 1 amide bonds. The van der Waals surface area contributed by atoms with Gasteiger partial charge in [0.25, 0.3) is 5.56 Å². The lowest BCUT2D eigenvalue weighted by Gasteiger charge is -2.32. The summed E-state index contributed by atoms with van der Waals surface area (Å²) in [7, 11) is 0. The minimum absolute atomic E-state index is 0.000443. The van der Waals surface area contributed by atoms with Crippen molar-refractivity contribution in [2.45, 2.75) is 45.1 Å². The maximum absolute atomic E-state index is 13.0. The van der Waals surface area contributed by atoms with Gasteiger partial charge in [0.15, 0.2) is 0 Å². The first-order valence-corrected chi connectivity index (χ1v) is 8.60. The molecule has 0 spiro atoms. The molecule has 2 heterocycles. The SMILES string of the molecule is CCCCc1nc2ccccc2c(=O)n1C1CCN(C(=O)O)CC1. The summed E-state index contributed by atoms with van der Waals surface area (Å²) in [4.78, 5) is 30.3. The van der Waals surface area contributed by atoms with E-state index in [4.69, 9.17) is 10.1 Å². The Labute approximate surface area is 140 Å². The number of aromatic nitrogens is 2. The molecule has 1 saturated heterocycles. The average Bonchev–Trinajstić information content (AvgIpc) is 2.60. The number of unbranched alkanes of at least 4 members (excludes halogenated alkanes) is 1. The Bertz CT molecular complexity index is 792. The molecular weight excluding hydrogens is 306 g/mol. The van der Waals surface area contributed by atoms with Crippen LogP contribution in [-0.4, -0.2) is 38.7 Å². The van der Waals surface area contributed by atoms with Crippen molar-refractivity contribution in [2.75, 3.05) is 13.1 Å². The van der Waals surface area contributed by atoms with Gasteiger partial charge in [-0.05, 0) is 31.4 Å². The van der Waals surface area contributed by atoms with Crippen LogP contribution in [0.5, 0.6) is 0 Å². The second-order valence-corrected chi connectivity index (χ2v) is 6.32. The van der Waals surface area contributed by atoms with Gasteiger partial charge >= 0.3 is 6.09 Å². The zero-order chi connectivity index (χ0) is 17.1. The number of hydrogen-bond donors (Lipinski definition) is 1. The first-order valence-electron chi connectivity index (χ1n) is 8.60. The third kappa shape index (κ3) is 3.13. The van der Waals surface area contributed by atoms with Crippen LogP contribution in [0.2, 0.25) is 0 Å². The van der Waals surface area contributed by atoms with E-state index in [-0.39, 0.29) is 11.6 Å². The number of para-hydroxylation sites is 1. The largest absolute Gasteiger partial charge is 0.465 e. The Morgan fingerprint density at radius 1 is 1.29 bits per heavy atom. The van der Waals surface area contributed by atoms with Crippen LogP contribution in [0.15, 0.2) is 29.1 Å². The summed E-state index contributed by atoms with van der Waals surface area (Å²) in [6.07, 6.45) is 3.23. The quantitative estimate of drug-likeness (QED) is 0.935. The fourth-order valence-corrected chi connectivity index (χ4v) is 3.40. The van der Waals surface area contributed by atoms with Gasteiger partial charge in [-0.1, -0.05) is 25.5 Å². The summed E-state index contributed by atoms with van der Waals surface area (Å²) in [5.41, 5.74) is 0.744. The van der Waals surface area contributed by atoms with E-state index in [2.05, 4.69) is 6.92 Å². The van der Waals surface area contributed by atoms with Crippen LogP contribution in [0, 0.1) is 0 Å². The highest BCUT2D eigenvalue weighted by Gasteiger charge is 2.26. The van der Waals surface area contributed by atoms with Crippen LogP contribution < -0.4 is 5.56 Å². The van der Waals surface area contributed by atoms with E-state index < -0.39 is 6.09 Å². The molecule has 1 aromatic heterocycles. The fourth-order valence-electron chi connectivity index (χ4n) is 3.40. The Hall–Kier alpha value is -2.37. The molecule has 24 heavy (non-hydrogen) atoms. The van der Waals surface area contributed by atoms with E-state index in [9.17, 15) is 9.59 Å². The van der Waals surface area contributed by atoms with Crippen molar-refractivity contribution in [3.63, 3.8) is 0 Å². The predicted molar refractivity (Wildman–Crippen MR) is 92.5 cm³/mol. The molecule has 0 unspecified atom stereocenters. The lowest BCUT2D eigenvalue weighted by molar-refractivity contribution is 0.124. The van der Waals surface area contributed by atoms with Gasteiger partial charge in [-0.25, -0.2) is 9.78 Å². The number of carboxylic acid groups (broad SMARTS) is 1. The number of benzene rings is 1. The maximum Gasteiger partial charge on any atom is 0.407 e. The van der Waals surface area contributed by atoms with Crippen molar-refractivity contribution in [1.29, 1.82) is 0 Å². The molecule has 1 aromatic carbocycles. The molecule has 1 fully saturated rings. The van der Waals surface area contributed by atoms with E-state index in [1.807, 2.05) is 28.8 Å². The van der Waals surface area contributed by atoms with Gasteiger partial charge < -0.3 is 10.0 Å². The average molecular weight is 329 g/mol. The number of piperidine rings is 1. The van der Waals surface area contributed by atoms with Gasteiger partial charge in [0.05, 0.1) is 10.9 Å². The summed E-state index contributed by atoms with van der Waals surface area (Å²) in [5.74, 6) is 0.828. The zero-order valence-corrected chi connectivity index (χ0v) is 13.9. The molecule has 0 saturated carbocycles. The van der Waals surface area contributed by atoms with E-state index >= 15 is 0 Å². The standard InChI is InChI=1S/C18H23N3O3/c1-2-3-8-16-19-15-7-5-4-6-14(15)17(22)21(16)13-9-11-20(12-10-13)18(23)24/h4-7,13H,2-3,8-12H2,1H3,(H,23,24). The van der Waals surface area contributed by atoms with Crippen LogP contribution >= 0.6 is 0 Å². The summed E-state index contributed by atoms with van der Waals surface area (Å²) in [5, 5.41) is 9.74. The molecule has 0 atom stereocenters. The number of hydrogen-bond acceptors (Lipinski definition) is 3. The minimum Gasteiger partial charge on any atom is -0.465 e. The molecule has 1 aliphatic heterocycles. The number of likely N-dealkylation sites (tertiary alicyclic amines) is 1. The van der Waals surface area contributed by atoms with Crippen LogP contribution in [0.1, 0.15) is 44.5 Å². The van der Waals surface area contributed by atoms with Crippen molar-refractivity contribution in [1.82, 2.24) is 14.5 Å². The second kappa shape index (κ2) is 7.03. The molecule has 0 radical (unpaired) electrons. The van der Waals surface area contributed by atoms with Gasteiger partial charge in [0.1, 0.15) is 5.82 Å². The van der Waals surface area contributed by atoms with Crippen LogP contribution in [-0.2, 0) is 6.42 Å². The molecule has 1 aliphatic rings. The van der Waals surface area contributed by atoms with Gasteiger partial charge in [0.2, 0.25) is 0 Å². The number of aryl methyl sites for hydroxylation is 1. The summed E-state index contributed by atoms with van der Waals surface area (Å²) >= 11 is 0. The third-order valence-electron chi connectivity index (χ3n) is 4.73. The molecule has 128 valence electrons. The Balaban J connectivity index is 2.00. The smallest absolute Gasteiger partial charge is 0.407 e. The van der Waals surface area contributed by atoms with Gasteiger partial charge in [-0.2, -0.15) is 0 Å². The van der Waals surface area contributed by atoms with Crippen molar-refractivity contribution in [3.05, 3.63) is 40.4 Å². The molecule has 6 nitrogen and oxygen atoms in total. The van der Waals surface area contributed by atoms with E-state index in [1.165, 1.54) is 4.90 Å². The lowest BCUT2D eigenvalue weighted by Crippen LogP contribution is -2.41. The van der Waals surface area contributed by atoms with Crippen molar-refractivity contribution in [3.8, 4) is 0 Å².